The number of nitrogens with one attached hydrogen (secondary N) is 1. The number of ether oxygens (including phenoxy) is 1. The van der Waals surface area contributed by atoms with Gasteiger partial charge >= 0.3 is 6.09 Å². The minimum atomic E-state index is -0.513. The maximum absolute atomic E-state index is 11.7. The molecule has 0 unspecified atom stereocenters. The molecule has 0 spiro atoms. The number of nitriles is 1. The van der Waals surface area contributed by atoms with Crippen LogP contribution in [0.1, 0.15) is 44.0 Å². The SMILES string of the molecule is CC(C)(C)OC(=O)NCCCn1nc2c(c1C#N)CCc1cnccc1-2. The number of pyridine rings is 1. The molecule has 3 rings (SSSR count). The van der Waals surface area contributed by atoms with E-state index in [-0.39, 0.29) is 0 Å². The first-order valence-electron chi connectivity index (χ1n) is 8.79. The van der Waals surface area contributed by atoms with Crippen molar-refractivity contribution in [3.63, 3.8) is 0 Å². The molecule has 0 bridgehead atoms. The number of fused-ring (bicyclic) bond motifs is 3. The molecule has 7 heteroatoms. The predicted octanol–water partition coefficient (Wildman–Crippen LogP) is 2.83. The molecule has 0 atom stereocenters. The highest BCUT2D eigenvalue weighted by atomic mass is 16.6. The van der Waals surface area contributed by atoms with E-state index >= 15 is 0 Å². The van der Waals surface area contributed by atoms with Crippen molar-refractivity contribution < 1.29 is 9.53 Å². The van der Waals surface area contributed by atoms with Gasteiger partial charge in [0.2, 0.25) is 0 Å². The second-order valence-electron chi connectivity index (χ2n) is 7.33. The van der Waals surface area contributed by atoms with Crippen LogP contribution in [-0.2, 0) is 24.1 Å². The van der Waals surface area contributed by atoms with Gasteiger partial charge in [0.1, 0.15) is 17.4 Å². The van der Waals surface area contributed by atoms with Crippen LogP contribution in [0, 0.1) is 11.3 Å². The Hall–Kier alpha value is -2.88. The first-order valence-corrected chi connectivity index (χ1v) is 8.79. The molecule has 0 fully saturated rings. The number of carbonyl (C=O) groups is 1. The molecule has 0 saturated heterocycles. The maximum Gasteiger partial charge on any atom is 0.407 e. The molecule has 2 aromatic rings. The van der Waals surface area contributed by atoms with Gasteiger partial charge in [0.25, 0.3) is 0 Å². The topological polar surface area (TPSA) is 92.8 Å². The molecule has 0 saturated carbocycles. The van der Waals surface area contributed by atoms with E-state index in [9.17, 15) is 10.1 Å². The minimum Gasteiger partial charge on any atom is -0.444 e. The Morgan fingerprint density at radius 1 is 1.42 bits per heavy atom. The third kappa shape index (κ3) is 3.85. The molecule has 0 aromatic carbocycles. The van der Waals surface area contributed by atoms with Gasteiger partial charge in [-0.3, -0.25) is 9.67 Å². The van der Waals surface area contributed by atoms with E-state index in [2.05, 4.69) is 21.5 Å². The monoisotopic (exact) mass is 353 g/mol. The van der Waals surface area contributed by atoms with Crippen molar-refractivity contribution in [2.24, 2.45) is 0 Å². The molecule has 1 amide bonds. The van der Waals surface area contributed by atoms with Gasteiger partial charge in [-0.15, -0.1) is 0 Å². The van der Waals surface area contributed by atoms with E-state index in [1.165, 1.54) is 5.56 Å². The third-order valence-electron chi connectivity index (χ3n) is 4.17. The summed E-state index contributed by atoms with van der Waals surface area (Å²) < 4.78 is 6.96. The van der Waals surface area contributed by atoms with E-state index in [1.54, 1.807) is 10.9 Å². The van der Waals surface area contributed by atoms with Crippen LogP contribution < -0.4 is 5.32 Å². The van der Waals surface area contributed by atoms with E-state index in [0.29, 0.717) is 25.2 Å². The van der Waals surface area contributed by atoms with E-state index in [0.717, 1.165) is 29.7 Å². The summed E-state index contributed by atoms with van der Waals surface area (Å²) in [5, 5.41) is 17.0. The number of rotatable bonds is 4. The standard InChI is InChI=1S/C19H23N5O2/c1-19(2,3)26-18(25)22-8-4-10-24-16(11-20)15-6-5-13-12-21-9-7-14(13)17(15)23-24/h7,9,12H,4-6,8,10H2,1-3H3,(H,22,25). The zero-order chi connectivity index (χ0) is 18.7. The van der Waals surface area contributed by atoms with Crippen LogP contribution in [0.25, 0.3) is 11.3 Å². The first kappa shape index (κ1) is 17.9. The lowest BCUT2D eigenvalue weighted by Crippen LogP contribution is -2.33. The smallest absolute Gasteiger partial charge is 0.407 e. The number of carbonyl (C=O) groups excluding carboxylic acids is 1. The summed E-state index contributed by atoms with van der Waals surface area (Å²) in [6.45, 7) is 6.51. The molecule has 7 nitrogen and oxygen atoms in total. The van der Waals surface area contributed by atoms with Gasteiger partial charge in [0, 0.05) is 36.6 Å². The van der Waals surface area contributed by atoms with Crippen LogP contribution in [0.15, 0.2) is 18.5 Å². The van der Waals surface area contributed by atoms with Gasteiger partial charge < -0.3 is 10.1 Å². The molecule has 1 aliphatic rings. The predicted molar refractivity (Wildman–Crippen MR) is 96.4 cm³/mol. The Labute approximate surface area is 153 Å². The Morgan fingerprint density at radius 3 is 2.96 bits per heavy atom. The Kier molecular flexibility index (Phi) is 4.94. The van der Waals surface area contributed by atoms with Crippen molar-refractivity contribution in [3.05, 3.63) is 35.3 Å². The van der Waals surface area contributed by atoms with E-state index in [4.69, 9.17) is 4.74 Å². The summed E-state index contributed by atoms with van der Waals surface area (Å²) in [6, 6.07) is 4.24. The highest BCUT2D eigenvalue weighted by Crippen LogP contribution is 2.33. The molecule has 0 aliphatic heterocycles. The summed E-state index contributed by atoms with van der Waals surface area (Å²) >= 11 is 0. The fraction of sp³-hybridized carbons (Fsp3) is 0.474. The Bertz CT molecular complexity index is 858. The van der Waals surface area contributed by atoms with E-state index < -0.39 is 11.7 Å². The molecule has 1 N–H and O–H groups in total. The second kappa shape index (κ2) is 7.16. The van der Waals surface area contributed by atoms with Crippen molar-refractivity contribution in [1.29, 1.82) is 5.26 Å². The van der Waals surface area contributed by atoms with Crippen LogP contribution in [0.3, 0.4) is 0 Å². The van der Waals surface area contributed by atoms with Crippen LogP contribution in [-0.4, -0.2) is 33.0 Å². The van der Waals surface area contributed by atoms with Gasteiger partial charge in [0.15, 0.2) is 0 Å². The van der Waals surface area contributed by atoms with Crippen LogP contribution >= 0.6 is 0 Å². The zero-order valence-electron chi connectivity index (χ0n) is 15.4. The lowest BCUT2D eigenvalue weighted by Gasteiger charge is -2.19. The number of hydrogen-bond acceptors (Lipinski definition) is 5. The van der Waals surface area contributed by atoms with Crippen molar-refractivity contribution in [2.75, 3.05) is 6.54 Å². The lowest BCUT2D eigenvalue weighted by molar-refractivity contribution is 0.0526. The fourth-order valence-electron chi connectivity index (χ4n) is 3.09. The summed E-state index contributed by atoms with van der Waals surface area (Å²) in [5.41, 5.74) is 4.21. The maximum atomic E-state index is 11.7. The number of amides is 1. The normalized spacial score (nSPS) is 12.7. The molecule has 0 radical (unpaired) electrons. The number of nitrogens with zero attached hydrogens (tertiary/aromatic N) is 4. The van der Waals surface area contributed by atoms with Crippen LogP contribution in [0.5, 0.6) is 0 Å². The second-order valence-corrected chi connectivity index (χ2v) is 7.33. The average molecular weight is 353 g/mol. The fourth-order valence-corrected chi connectivity index (χ4v) is 3.09. The molecular weight excluding hydrogens is 330 g/mol. The molecule has 2 aromatic heterocycles. The molecule has 2 heterocycles. The van der Waals surface area contributed by atoms with Gasteiger partial charge in [-0.25, -0.2) is 4.79 Å². The van der Waals surface area contributed by atoms with Crippen LogP contribution in [0.2, 0.25) is 0 Å². The van der Waals surface area contributed by atoms with Crippen molar-refractivity contribution >= 4 is 6.09 Å². The van der Waals surface area contributed by atoms with E-state index in [1.807, 2.05) is 33.0 Å². The number of aryl methyl sites for hydroxylation is 2. The van der Waals surface area contributed by atoms with Gasteiger partial charge in [-0.05, 0) is 51.7 Å². The third-order valence-corrected chi connectivity index (χ3v) is 4.17. The average Bonchev–Trinajstić information content (AvgIpc) is 2.95. The lowest BCUT2D eigenvalue weighted by atomic mass is 9.90. The van der Waals surface area contributed by atoms with Crippen molar-refractivity contribution in [1.82, 2.24) is 20.1 Å². The van der Waals surface area contributed by atoms with Gasteiger partial charge in [-0.1, -0.05) is 0 Å². The van der Waals surface area contributed by atoms with Crippen molar-refractivity contribution in [3.8, 4) is 17.3 Å². The summed E-state index contributed by atoms with van der Waals surface area (Å²) in [6.07, 6.45) is 5.53. The molecule has 136 valence electrons. The first-order chi connectivity index (χ1) is 12.4. The Balaban J connectivity index is 1.66. The van der Waals surface area contributed by atoms with Crippen molar-refractivity contribution in [2.45, 2.75) is 52.2 Å². The quantitative estimate of drug-likeness (QED) is 0.853. The van der Waals surface area contributed by atoms with Gasteiger partial charge in [0.05, 0.1) is 5.69 Å². The molecule has 1 aliphatic carbocycles. The number of aromatic nitrogens is 3. The van der Waals surface area contributed by atoms with Crippen LogP contribution in [0.4, 0.5) is 4.79 Å². The summed E-state index contributed by atoms with van der Waals surface area (Å²) in [5.74, 6) is 0. The highest BCUT2D eigenvalue weighted by molar-refractivity contribution is 5.71. The largest absolute Gasteiger partial charge is 0.444 e. The molecule has 26 heavy (non-hydrogen) atoms. The zero-order valence-corrected chi connectivity index (χ0v) is 15.4. The summed E-state index contributed by atoms with van der Waals surface area (Å²) in [7, 11) is 0. The highest BCUT2D eigenvalue weighted by Gasteiger charge is 2.24. The number of hydrogen-bond donors (Lipinski definition) is 1. The minimum absolute atomic E-state index is 0.431. The summed E-state index contributed by atoms with van der Waals surface area (Å²) in [4.78, 5) is 15.8. The Morgan fingerprint density at radius 2 is 2.23 bits per heavy atom. The molecular formula is C19H23N5O2. The van der Waals surface area contributed by atoms with Gasteiger partial charge in [-0.2, -0.15) is 10.4 Å². The number of alkyl carbamates (subject to hydrolysis) is 1.